The van der Waals surface area contributed by atoms with Gasteiger partial charge in [0.25, 0.3) is 0 Å². The molecule has 0 spiro atoms. The van der Waals surface area contributed by atoms with Crippen molar-refractivity contribution in [3.63, 3.8) is 0 Å². The van der Waals surface area contributed by atoms with Crippen molar-refractivity contribution in [2.45, 2.75) is 41.7 Å². The highest BCUT2D eigenvalue weighted by molar-refractivity contribution is 9.10. The predicted molar refractivity (Wildman–Crippen MR) is 99.6 cm³/mol. The summed E-state index contributed by atoms with van der Waals surface area (Å²) < 4.78 is 1.17. The monoisotopic (exact) mass is 370 g/mol. The van der Waals surface area contributed by atoms with Gasteiger partial charge in [0.15, 0.2) is 0 Å². The number of thioether (sulfide) groups is 1. The average molecular weight is 371 g/mol. The second kappa shape index (κ2) is 4.75. The molecule has 2 unspecified atom stereocenters. The van der Waals surface area contributed by atoms with Gasteiger partial charge in [-0.15, -0.1) is 11.8 Å². The van der Waals surface area contributed by atoms with Crippen LogP contribution in [0.25, 0.3) is 6.08 Å². The lowest BCUT2D eigenvalue weighted by Crippen LogP contribution is -2.53. The normalized spacial score (nSPS) is 27.7. The zero-order valence-electron chi connectivity index (χ0n) is 13.1. The molecule has 0 aromatic heterocycles. The molecule has 0 bridgehead atoms. The molecule has 2 atom stereocenters. The second-order valence-electron chi connectivity index (χ2n) is 6.95. The Morgan fingerprint density at radius 1 is 1.00 bits per heavy atom. The van der Waals surface area contributed by atoms with E-state index >= 15 is 0 Å². The zero-order valence-corrected chi connectivity index (χ0v) is 15.5. The van der Waals surface area contributed by atoms with Crippen molar-refractivity contribution >= 4 is 33.8 Å². The second-order valence-corrected chi connectivity index (χ2v) is 9.05. The first-order valence-electron chi connectivity index (χ1n) is 7.69. The lowest BCUT2D eigenvalue weighted by molar-refractivity contribution is 0.272. The van der Waals surface area contributed by atoms with Crippen molar-refractivity contribution in [2.24, 2.45) is 0 Å². The first-order valence-corrected chi connectivity index (χ1v) is 9.36. The largest absolute Gasteiger partial charge is 0.117 e. The van der Waals surface area contributed by atoms with Gasteiger partial charge in [-0.2, -0.15) is 0 Å². The fourth-order valence-corrected chi connectivity index (χ4v) is 6.05. The van der Waals surface area contributed by atoms with Gasteiger partial charge >= 0.3 is 0 Å². The Bertz CT molecular complexity index is 790. The molecule has 2 aromatic rings. The number of fused-ring (bicyclic) bond motifs is 4. The minimum atomic E-state index is 0.0723. The quantitative estimate of drug-likeness (QED) is 0.532. The van der Waals surface area contributed by atoms with Crippen LogP contribution in [0, 0.1) is 0 Å². The summed E-state index contributed by atoms with van der Waals surface area (Å²) in [4.78, 5) is 1.42. The third-order valence-corrected chi connectivity index (χ3v) is 7.69. The molecule has 0 radical (unpaired) electrons. The van der Waals surface area contributed by atoms with Gasteiger partial charge < -0.3 is 0 Å². The van der Waals surface area contributed by atoms with E-state index in [1.807, 2.05) is 11.8 Å². The maximum absolute atomic E-state index is 3.66. The van der Waals surface area contributed by atoms with E-state index in [1.165, 1.54) is 26.1 Å². The topological polar surface area (TPSA) is 0 Å². The minimum absolute atomic E-state index is 0.0723. The van der Waals surface area contributed by atoms with Gasteiger partial charge in [-0.1, -0.05) is 73.1 Å². The fraction of sp³-hybridized carbons (Fsp3) is 0.300. The van der Waals surface area contributed by atoms with Crippen LogP contribution >= 0.6 is 27.7 Å². The van der Waals surface area contributed by atoms with Gasteiger partial charge in [0, 0.05) is 25.4 Å². The highest BCUT2D eigenvalue weighted by atomic mass is 79.9. The van der Waals surface area contributed by atoms with Gasteiger partial charge in [-0.3, -0.25) is 0 Å². The van der Waals surface area contributed by atoms with Crippen LogP contribution in [0.4, 0.5) is 0 Å². The molecule has 112 valence electrons. The summed E-state index contributed by atoms with van der Waals surface area (Å²) in [5.74, 6) is 0. The van der Waals surface area contributed by atoms with Crippen LogP contribution in [0.1, 0.15) is 37.5 Å². The van der Waals surface area contributed by atoms with Crippen molar-refractivity contribution in [3.05, 3.63) is 69.7 Å². The molecule has 1 aliphatic carbocycles. The lowest BCUT2D eigenvalue weighted by atomic mass is 9.56. The van der Waals surface area contributed by atoms with Crippen molar-refractivity contribution in [3.8, 4) is 0 Å². The number of halogens is 1. The summed E-state index contributed by atoms with van der Waals surface area (Å²) in [7, 11) is 0. The Morgan fingerprint density at radius 3 is 2.59 bits per heavy atom. The Hall–Kier alpha value is -0.990. The molecule has 0 fully saturated rings. The molecule has 0 saturated carbocycles. The van der Waals surface area contributed by atoms with Gasteiger partial charge in [-0.05, 0) is 34.9 Å². The van der Waals surface area contributed by atoms with Crippen LogP contribution in [0.2, 0.25) is 0 Å². The van der Waals surface area contributed by atoms with E-state index in [1.54, 1.807) is 0 Å². The molecule has 22 heavy (non-hydrogen) atoms. The van der Waals surface area contributed by atoms with E-state index in [4.69, 9.17) is 0 Å². The molecular formula is C20H19BrS. The van der Waals surface area contributed by atoms with Crippen LogP contribution in [0.5, 0.6) is 0 Å². The minimum Gasteiger partial charge on any atom is -0.117 e. The molecular weight excluding hydrogens is 352 g/mol. The Labute approximate surface area is 145 Å². The Morgan fingerprint density at radius 2 is 1.77 bits per heavy atom. The Kier molecular flexibility index (Phi) is 3.15. The van der Waals surface area contributed by atoms with Crippen molar-refractivity contribution in [1.82, 2.24) is 0 Å². The summed E-state index contributed by atoms with van der Waals surface area (Å²) >= 11 is 5.66. The van der Waals surface area contributed by atoms with Crippen LogP contribution in [-0.2, 0) is 10.8 Å². The predicted octanol–water partition coefficient (Wildman–Crippen LogP) is 6.19. The lowest BCUT2D eigenvalue weighted by Gasteiger charge is -2.54. The molecule has 2 aromatic carbocycles. The van der Waals surface area contributed by atoms with E-state index < -0.39 is 0 Å². The summed E-state index contributed by atoms with van der Waals surface area (Å²) in [6.45, 7) is 7.25. The number of rotatable bonds is 0. The Balaban J connectivity index is 2.01. The van der Waals surface area contributed by atoms with Crippen LogP contribution in [0.15, 0.2) is 57.9 Å². The van der Waals surface area contributed by atoms with Gasteiger partial charge in [-0.25, -0.2) is 0 Å². The molecule has 2 aliphatic rings. The first kappa shape index (κ1) is 14.6. The van der Waals surface area contributed by atoms with E-state index in [2.05, 4.69) is 91.3 Å². The van der Waals surface area contributed by atoms with Crippen molar-refractivity contribution < 1.29 is 0 Å². The molecule has 0 nitrogen and oxygen atoms in total. The number of benzene rings is 2. The summed E-state index contributed by atoms with van der Waals surface area (Å²) in [5.41, 5.74) is 4.47. The van der Waals surface area contributed by atoms with E-state index in [0.29, 0.717) is 5.25 Å². The third-order valence-electron chi connectivity index (χ3n) is 5.71. The fourth-order valence-electron chi connectivity index (χ4n) is 4.01. The average Bonchev–Trinajstić information content (AvgIpc) is 2.50. The summed E-state index contributed by atoms with van der Waals surface area (Å²) in [6, 6.07) is 15.6. The molecule has 0 saturated heterocycles. The first-order chi connectivity index (χ1) is 10.4. The van der Waals surface area contributed by atoms with E-state index in [0.717, 1.165) is 0 Å². The van der Waals surface area contributed by atoms with Gasteiger partial charge in [0.2, 0.25) is 0 Å². The smallest absolute Gasteiger partial charge is 0.0380 e. The molecule has 4 rings (SSSR count). The maximum Gasteiger partial charge on any atom is 0.0380 e. The number of hydrogen-bond acceptors (Lipinski definition) is 1. The zero-order chi connectivity index (χ0) is 15.5. The highest BCUT2D eigenvalue weighted by Crippen LogP contribution is 2.59. The number of hydrogen-bond donors (Lipinski definition) is 0. The van der Waals surface area contributed by atoms with Crippen LogP contribution < -0.4 is 0 Å². The van der Waals surface area contributed by atoms with Crippen LogP contribution in [0.3, 0.4) is 0 Å². The standard InChI is InChI=1S/C20H19BrS/c1-19(2)16-12-14(21)9-10-17(16)22-18-11-8-13-6-4-5-7-15(13)20(18,19)3/h4-12,18H,1-3H3. The molecule has 1 heterocycles. The molecule has 1 aliphatic heterocycles. The summed E-state index contributed by atoms with van der Waals surface area (Å²) in [6.07, 6.45) is 4.70. The molecule has 0 N–H and O–H groups in total. The molecule has 2 heteroatoms. The molecule has 0 amide bonds. The summed E-state index contributed by atoms with van der Waals surface area (Å²) in [5, 5.41) is 0.478. The van der Waals surface area contributed by atoms with E-state index in [9.17, 15) is 0 Å². The third kappa shape index (κ3) is 1.77. The maximum atomic E-state index is 3.66. The highest BCUT2D eigenvalue weighted by Gasteiger charge is 2.54. The van der Waals surface area contributed by atoms with E-state index in [-0.39, 0.29) is 10.8 Å². The van der Waals surface area contributed by atoms with Gasteiger partial charge in [0.1, 0.15) is 0 Å². The van der Waals surface area contributed by atoms with Gasteiger partial charge in [0.05, 0.1) is 0 Å². The van der Waals surface area contributed by atoms with Crippen molar-refractivity contribution in [2.75, 3.05) is 0 Å². The van der Waals surface area contributed by atoms with Crippen LogP contribution in [-0.4, -0.2) is 5.25 Å². The SMILES string of the molecule is CC1(C)c2cc(Br)ccc2SC2C=Cc3ccccc3C21C. The van der Waals surface area contributed by atoms with Crippen molar-refractivity contribution in [1.29, 1.82) is 0 Å².